The first kappa shape index (κ1) is 18.9. The fourth-order valence-electron chi connectivity index (χ4n) is 2.10. The van der Waals surface area contributed by atoms with Crippen molar-refractivity contribution in [1.29, 1.82) is 0 Å². The molecule has 0 aromatic heterocycles. The third kappa shape index (κ3) is 5.29. The van der Waals surface area contributed by atoms with E-state index in [0.29, 0.717) is 15.8 Å². The van der Waals surface area contributed by atoms with Crippen molar-refractivity contribution in [3.63, 3.8) is 0 Å². The van der Waals surface area contributed by atoms with Crippen LogP contribution in [0.25, 0.3) is 0 Å². The predicted molar refractivity (Wildman–Crippen MR) is 93.9 cm³/mol. The molecule has 1 amide bonds. The average molecular weight is 410 g/mol. The Labute approximate surface area is 153 Å². The molecular formula is C18H17BrFNO4. The number of rotatable bonds is 6. The molecule has 5 nitrogen and oxygen atoms in total. The molecule has 2 rings (SSSR count). The minimum Gasteiger partial charge on any atom is -0.497 e. The quantitative estimate of drug-likeness (QED) is 0.685. The number of hydrogen-bond donors (Lipinski definition) is 0. The van der Waals surface area contributed by atoms with Crippen LogP contribution in [0.5, 0.6) is 5.75 Å². The molecular weight excluding hydrogens is 393 g/mol. The van der Waals surface area contributed by atoms with Crippen molar-refractivity contribution in [3.8, 4) is 5.75 Å². The monoisotopic (exact) mass is 409 g/mol. The predicted octanol–water partition coefficient (Wildman–Crippen LogP) is 3.41. The fraction of sp³-hybridized carbons (Fsp3) is 0.222. The number of nitrogens with zero attached hydrogens (tertiary/aromatic N) is 1. The summed E-state index contributed by atoms with van der Waals surface area (Å²) >= 11 is 3.26. The number of hydrogen-bond acceptors (Lipinski definition) is 4. The maximum Gasteiger partial charge on any atom is 0.339 e. The molecule has 0 atom stereocenters. The molecule has 0 unspecified atom stereocenters. The van der Waals surface area contributed by atoms with Gasteiger partial charge in [-0.05, 0) is 51.8 Å². The molecule has 0 bridgehead atoms. The normalized spacial score (nSPS) is 10.2. The SMILES string of the molecule is COc1ccc(Br)c(C(=O)OCC(=O)N(C)Cc2cccc(F)c2)c1. The van der Waals surface area contributed by atoms with Gasteiger partial charge in [-0.1, -0.05) is 12.1 Å². The van der Waals surface area contributed by atoms with E-state index in [9.17, 15) is 14.0 Å². The number of esters is 1. The van der Waals surface area contributed by atoms with Crippen LogP contribution in [0.1, 0.15) is 15.9 Å². The van der Waals surface area contributed by atoms with Crippen molar-refractivity contribution in [3.05, 3.63) is 63.9 Å². The minimum absolute atomic E-state index is 0.219. The molecule has 0 aliphatic rings. The van der Waals surface area contributed by atoms with Crippen LogP contribution in [-0.2, 0) is 16.1 Å². The van der Waals surface area contributed by atoms with E-state index in [1.54, 1.807) is 31.3 Å². The first-order valence-corrected chi connectivity index (χ1v) is 8.19. The molecule has 0 heterocycles. The number of benzene rings is 2. The summed E-state index contributed by atoms with van der Waals surface area (Å²) in [7, 11) is 3.05. The lowest BCUT2D eigenvalue weighted by molar-refractivity contribution is -0.133. The summed E-state index contributed by atoms with van der Waals surface area (Å²) in [6.07, 6.45) is 0. The van der Waals surface area contributed by atoms with Gasteiger partial charge in [0.15, 0.2) is 6.61 Å². The molecule has 25 heavy (non-hydrogen) atoms. The Kier molecular flexibility index (Phi) is 6.52. The second-order valence-electron chi connectivity index (χ2n) is 5.30. The zero-order valence-corrected chi connectivity index (χ0v) is 15.4. The molecule has 0 saturated heterocycles. The van der Waals surface area contributed by atoms with Gasteiger partial charge in [0.1, 0.15) is 11.6 Å². The van der Waals surface area contributed by atoms with Crippen LogP contribution in [0.15, 0.2) is 46.9 Å². The lowest BCUT2D eigenvalue weighted by atomic mass is 10.2. The Bertz CT molecular complexity index is 781. The Morgan fingerprint density at radius 1 is 1.20 bits per heavy atom. The molecule has 0 aliphatic heterocycles. The van der Waals surface area contributed by atoms with Crippen LogP contribution in [0.3, 0.4) is 0 Å². The lowest BCUT2D eigenvalue weighted by Gasteiger charge is -2.17. The van der Waals surface area contributed by atoms with E-state index < -0.39 is 18.5 Å². The summed E-state index contributed by atoms with van der Waals surface area (Å²) in [5, 5.41) is 0. The van der Waals surface area contributed by atoms with Crippen molar-refractivity contribution >= 4 is 27.8 Å². The standard InChI is InChI=1S/C18H17BrFNO4/c1-21(10-12-4-3-5-13(20)8-12)17(22)11-25-18(23)15-9-14(24-2)6-7-16(15)19/h3-9H,10-11H2,1-2H3. The van der Waals surface area contributed by atoms with E-state index in [1.807, 2.05) is 0 Å². The Morgan fingerprint density at radius 3 is 2.64 bits per heavy atom. The first-order valence-electron chi connectivity index (χ1n) is 7.39. The van der Waals surface area contributed by atoms with Crippen LogP contribution in [0.4, 0.5) is 4.39 Å². The summed E-state index contributed by atoms with van der Waals surface area (Å²) in [5.74, 6) is -0.896. The van der Waals surface area contributed by atoms with Gasteiger partial charge in [0.2, 0.25) is 0 Å². The highest BCUT2D eigenvalue weighted by molar-refractivity contribution is 9.10. The summed E-state index contributed by atoms with van der Waals surface area (Å²) < 4.78 is 23.8. The van der Waals surface area contributed by atoms with Crippen molar-refractivity contribution in [2.45, 2.75) is 6.54 Å². The van der Waals surface area contributed by atoms with Crippen LogP contribution < -0.4 is 4.74 Å². The number of amides is 1. The molecule has 0 aliphatic carbocycles. The van der Waals surface area contributed by atoms with Crippen molar-refractivity contribution in [2.24, 2.45) is 0 Å². The molecule has 132 valence electrons. The highest BCUT2D eigenvalue weighted by atomic mass is 79.9. The summed E-state index contributed by atoms with van der Waals surface area (Å²) in [6, 6.07) is 10.8. The Balaban J connectivity index is 1.93. The topological polar surface area (TPSA) is 55.8 Å². The molecule has 0 fully saturated rings. The van der Waals surface area contributed by atoms with Crippen molar-refractivity contribution in [2.75, 3.05) is 20.8 Å². The van der Waals surface area contributed by atoms with E-state index in [1.165, 1.54) is 30.2 Å². The maximum atomic E-state index is 13.2. The zero-order chi connectivity index (χ0) is 18.4. The number of carbonyl (C=O) groups excluding carboxylic acids is 2. The van der Waals surface area contributed by atoms with Gasteiger partial charge in [0.25, 0.3) is 5.91 Å². The van der Waals surface area contributed by atoms with Gasteiger partial charge < -0.3 is 14.4 Å². The zero-order valence-electron chi connectivity index (χ0n) is 13.8. The van der Waals surface area contributed by atoms with Crippen molar-refractivity contribution < 1.29 is 23.5 Å². The van der Waals surface area contributed by atoms with Gasteiger partial charge >= 0.3 is 5.97 Å². The van der Waals surface area contributed by atoms with Crippen LogP contribution >= 0.6 is 15.9 Å². The van der Waals surface area contributed by atoms with E-state index in [-0.39, 0.29) is 17.9 Å². The van der Waals surface area contributed by atoms with Gasteiger partial charge in [-0.15, -0.1) is 0 Å². The molecule has 0 N–H and O–H groups in total. The second kappa shape index (κ2) is 8.62. The third-order valence-electron chi connectivity index (χ3n) is 3.45. The molecule has 2 aromatic carbocycles. The van der Waals surface area contributed by atoms with Crippen LogP contribution in [0.2, 0.25) is 0 Å². The molecule has 0 saturated carbocycles. The van der Waals surface area contributed by atoms with Gasteiger partial charge in [-0.25, -0.2) is 9.18 Å². The van der Waals surface area contributed by atoms with Gasteiger partial charge in [0.05, 0.1) is 12.7 Å². The van der Waals surface area contributed by atoms with Gasteiger partial charge in [-0.3, -0.25) is 4.79 Å². The minimum atomic E-state index is -0.640. The van der Waals surface area contributed by atoms with Crippen LogP contribution in [-0.4, -0.2) is 37.5 Å². The summed E-state index contributed by atoms with van der Waals surface area (Å²) in [4.78, 5) is 25.6. The molecule has 0 radical (unpaired) electrons. The fourth-order valence-corrected chi connectivity index (χ4v) is 2.51. The largest absolute Gasteiger partial charge is 0.497 e. The number of halogens is 2. The van der Waals surface area contributed by atoms with Gasteiger partial charge in [-0.2, -0.15) is 0 Å². The molecule has 7 heteroatoms. The highest BCUT2D eigenvalue weighted by Gasteiger charge is 2.16. The number of likely N-dealkylation sites (N-methyl/N-ethyl adjacent to an activating group) is 1. The van der Waals surface area contributed by atoms with E-state index >= 15 is 0 Å². The Hall–Kier alpha value is -2.41. The summed E-state index contributed by atoms with van der Waals surface area (Å²) in [5.41, 5.74) is 0.914. The van der Waals surface area contributed by atoms with Crippen LogP contribution in [0, 0.1) is 5.82 Å². The maximum absolute atomic E-state index is 13.2. The van der Waals surface area contributed by atoms with E-state index in [0.717, 1.165) is 0 Å². The number of carbonyl (C=O) groups is 2. The smallest absolute Gasteiger partial charge is 0.339 e. The van der Waals surface area contributed by atoms with E-state index in [2.05, 4.69) is 15.9 Å². The van der Waals surface area contributed by atoms with Crippen molar-refractivity contribution in [1.82, 2.24) is 4.90 Å². The molecule has 2 aromatic rings. The Morgan fingerprint density at radius 2 is 1.96 bits per heavy atom. The average Bonchev–Trinajstić information content (AvgIpc) is 2.59. The lowest BCUT2D eigenvalue weighted by Crippen LogP contribution is -2.30. The number of methoxy groups -OCH3 is 1. The number of ether oxygens (including phenoxy) is 2. The second-order valence-corrected chi connectivity index (χ2v) is 6.16. The van der Waals surface area contributed by atoms with E-state index in [4.69, 9.17) is 9.47 Å². The summed E-state index contributed by atoms with van der Waals surface area (Å²) in [6.45, 7) is -0.189. The highest BCUT2D eigenvalue weighted by Crippen LogP contribution is 2.23. The third-order valence-corrected chi connectivity index (χ3v) is 4.15. The van der Waals surface area contributed by atoms with Gasteiger partial charge in [0, 0.05) is 18.1 Å². The first-order chi connectivity index (χ1) is 11.9. The molecule has 0 spiro atoms.